The van der Waals surface area contributed by atoms with Crippen molar-refractivity contribution in [3.63, 3.8) is 0 Å². The second-order valence-electron chi connectivity index (χ2n) is 6.88. The Labute approximate surface area is 174 Å². The number of amides is 1. The van der Waals surface area contributed by atoms with Crippen LogP contribution in [0.4, 0.5) is 5.69 Å². The van der Waals surface area contributed by atoms with Gasteiger partial charge in [-0.3, -0.25) is 9.59 Å². The molecule has 0 aromatic heterocycles. The standard InChI is InChI=1S/C20H22N2O7S/c1-13(2)19(22-30(25,26)15-6-4-3-5-7-15)20(24)27-11-18(23)21-14-8-9-16-17(10-14)29-12-28-16/h3-10,13,19,22H,11-12H2,1-2H3,(H,21,23)/t19-/m1/s1. The van der Waals surface area contributed by atoms with Gasteiger partial charge in [-0.25, -0.2) is 8.42 Å². The summed E-state index contributed by atoms with van der Waals surface area (Å²) in [6, 6.07) is 11.4. The largest absolute Gasteiger partial charge is 0.454 e. The summed E-state index contributed by atoms with van der Waals surface area (Å²) >= 11 is 0. The van der Waals surface area contributed by atoms with E-state index in [4.69, 9.17) is 14.2 Å². The Balaban J connectivity index is 1.58. The van der Waals surface area contributed by atoms with E-state index in [2.05, 4.69) is 10.0 Å². The van der Waals surface area contributed by atoms with Gasteiger partial charge >= 0.3 is 5.97 Å². The zero-order valence-corrected chi connectivity index (χ0v) is 17.3. The number of carbonyl (C=O) groups is 2. The fourth-order valence-electron chi connectivity index (χ4n) is 2.69. The second-order valence-corrected chi connectivity index (χ2v) is 8.59. The molecule has 0 fully saturated rings. The molecule has 0 radical (unpaired) electrons. The van der Waals surface area contributed by atoms with Gasteiger partial charge in [0.05, 0.1) is 4.90 Å². The van der Waals surface area contributed by atoms with Crippen LogP contribution >= 0.6 is 0 Å². The molecule has 2 aromatic rings. The molecule has 1 aliphatic heterocycles. The molecule has 0 unspecified atom stereocenters. The quantitative estimate of drug-likeness (QED) is 0.609. The molecule has 160 valence electrons. The maximum Gasteiger partial charge on any atom is 0.324 e. The van der Waals surface area contributed by atoms with Crippen LogP contribution in [0.3, 0.4) is 0 Å². The number of rotatable bonds is 8. The Kier molecular flexibility index (Phi) is 6.58. The van der Waals surface area contributed by atoms with Crippen LogP contribution in [0, 0.1) is 5.92 Å². The highest BCUT2D eigenvalue weighted by molar-refractivity contribution is 7.89. The third-order valence-corrected chi connectivity index (χ3v) is 5.72. The normalized spacial score (nSPS) is 13.7. The number of ether oxygens (including phenoxy) is 3. The Morgan fingerprint density at radius 3 is 2.47 bits per heavy atom. The number of benzene rings is 2. The van der Waals surface area contributed by atoms with E-state index in [9.17, 15) is 18.0 Å². The van der Waals surface area contributed by atoms with E-state index >= 15 is 0 Å². The number of sulfonamides is 1. The molecule has 0 spiro atoms. The molecular weight excluding hydrogens is 412 g/mol. The van der Waals surface area contributed by atoms with Crippen LogP contribution in [0.1, 0.15) is 13.8 Å². The van der Waals surface area contributed by atoms with Crippen molar-refractivity contribution >= 4 is 27.6 Å². The van der Waals surface area contributed by atoms with Crippen LogP contribution in [0.15, 0.2) is 53.4 Å². The Morgan fingerprint density at radius 2 is 1.77 bits per heavy atom. The van der Waals surface area contributed by atoms with Crippen LogP contribution in [0.2, 0.25) is 0 Å². The highest BCUT2D eigenvalue weighted by atomic mass is 32.2. The second kappa shape index (κ2) is 9.14. The summed E-state index contributed by atoms with van der Waals surface area (Å²) in [6.45, 7) is 2.89. The van der Waals surface area contributed by atoms with Crippen LogP contribution in [0.5, 0.6) is 11.5 Å². The summed E-state index contributed by atoms with van der Waals surface area (Å²) in [7, 11) is -3.92. The minimum atomic E-state index is -3.92. The average Bonchev–Trinajstić information content (AvgIpc) is 3.18. The van der Waals surface area contributed by atoms with Gasteiger partial charge < -0.3 is 19.5 Å². The minimum Gasteiger partial charge on any atom is -0.454 e. The molecule has 0 aliphatic carbocycles. The van der Waals surface area contributed by atoms with Crippen molar-refractivity contribution in [1.82, 2.24) is 4.72 Å². The summed E-state index contributed by atoms with van der Waals surface area (Å²) in [4.78, 5) is 24.6. The highest BCUT2D eigenvalue weighted by Crippen LogP contribution is 2.34. The third kappa shape index (κ3) is 5.28. The predicted molar refractivity (Wildman–Crippen MR) is 108 cm³/mol. The lowest BCUT2D eigenvalue weighted by Gasteiger charge is -2.20. The summed E-state index contributed by atoms with van der Waals surface area (Å²) in [5, 5.41) is 2.58. The Hall–Kier alpha value is -3.11. The zero-order chi connectivity index (χ0) is 21.7. The minimum absolute atomic E-state index is 0.0315. The number of esters is 1. The van der Waals surface area contributed by atoms with Gasteiger partial charge in [-0.1, -0.05) is 32.0 Å². The molecule has 0 saturated carbocycles. The summed E-state index contributed by atoms with van der Waals surface area (Å²) < 4.78 is 42.8. The number of carbonyl (C=O) groups excluding carboxylic acids is 2. The molecule has 1 aliphatic rings. The van der Waals surface area contributed by atoms with Crippen molar-refractivity contribution in [2.75, 3.05) is 18.7 Å². The maximum atomic E-state index is 12.5. The molecule has 3 rings (SSSR count). The molecule has 2 aromatic carbocycles. The van der Waals surface area contributed by atoms with Crippen LogP contribution in [-0.2, 0) is 24.3 Å². The van der Waals surface area contributed by atoms with Gasteiger partial charge in [-0.05, 0) is 30.2 Å². The summed E-state index contributed by atoms with van der Waals surface area (Å²) in [5.74, 6) is -0.737. The lowest BCUT2D eigenvalue weighted by molar-refractivity contribution is -0.150. The first-order valence-corrected chi connectivity index (χ1v) is 10.7. The number of nitrogens with one attached hydrogen (secondary N) is 2. The van der Waals surface area contributed by atoms with Crippen molar-refractivity contribution in [3.05, 3.63) is 48.5 Å². The molecule has 30 heavy (non-hydrogen) atoms. The number of fused-ring (bicyclic) bond motifs is 1. The van der Waals surface area contributed by atoms with E-state index in [1.54, 1.807) is 50.2 Å². The number of hydrogen-bond acceptors (Lipinski definition) is 7. The van der Waals surface area contributed by atoms with E-state index in [-0.39, 0.29) is 11.7 Å². The third-order valence-electron chi connectivity index (χ3n) is 4.26. The van der Waals surface area contributed by atoms with E-state index in [0.29, 0.717) is 17.2 Å². The van der Waals surface area contributed by atoms with Crippen LogP contribution < -0.4 is 19.5 Å². The lowest BCUT2D eigenvalue weighted by Crippen LogP contribution is -2.45. The van der Waals surface area contributed by atoms with Gasteiger partial charge in [0.1, 0.15) is 6.04 Å². The van der Waals surface area contributed by atoms with Gasteiger partial charge in [-0.15, -0.1) is 0 Å². The smallest absolute Gasteiger partial charge is 0.324 e. The maximum absolute atomic E-state index is 12.5. The monoisotopic (exact) mass is 434 g/mol. The fraction of sp³-hybridized carbons (Fsp3) is 0.300. The van der Waals surface area contributed by atoms with E-state index < -0.39 is 40.5 Å². The number of hydrogen-bond donors (Lipinski definition) is 2. The molecular formula is C20H22N2O7S. The summed E-state index contributed by atoms with van der Waals surface area (Å²) in [5.41, 5.74) is 0.450. The topological polar surface area (TPSA) is 120 Å². The number of anilines is 1. The van der Waals surface area contributed by atoms with E-state index in [1.807, 2.05) is 0 Å². The molecule has 9 nitrogen and oxygen atoms in total. The van der Waals surface area contributed by atoms with Crippen molar-refractivity contribution in [2.24, 2.45) is 5.92 Å². The summed E-state index contributed by atoms with van der Waals surface area (Å²) in [6.07, 6.45) is 0. The van der Waals surface area contributed by atoms with E-state index in [0.717, 1.165) is 0 Å². The molecule has 1 atom stereocenters. The van der Waals surface area contributed by atoms with Gasteiger partial charge in [0.15, 0.2) is 18.1 Å². The van der Waals surface area contributed by atoms with Gasteiger partial charge in [0, 0.05) is 11.8 Å². The first-order chi connectivity index (χ1) is 14.3. The lowest BCUT2D eigenvalue weighted by atomic mass is 10.1. The Morgan fingerprint density at radius 1 is 1.07 bits per heavy atom. The fourth-order valence-corrected chi connectivity index (χ4v) is 4.04. The average molecular weight is 434 g/mol. The Bertz CT molecular complexity index is 1020. The van der Waals surface area contributed by atoms with E-state index in [1.165, 1.54) is 12.1 Å². The van der Waals surface area contributed by atoms with Crippen molar-refractivity contribution in [2.45, 2.75) is 24.8 Å². The molecule has 10 heteroatoms. The highest BCUT2D eigenvalue weighted by Gasteiger charge is 2.30. The van der Waals surface area contributed by atoms with Crippen molar-refractivity contribution in [3.8, 4) is 11.5 Å². The molecule has 1 amide bonds. The molecule has 0 bridgehead atoms. The van der Waals surface area contributed by atoms with Crippen LogP contribution in [0.25, 0.3) is 0 Å². The SMILES string of the molecule is CC(C)[C@@H](NS(=O)(=O)c1ccccc1)C(=O)OCC(=O)Nc1ccc2c(c1)OCO2. The molecule has 0 saturated heterocycles. The van der Waals surface area contributed by atoms with Crippen LogP contribution in [-0.4, -0.2) is 39.7 Å². The van der Waals surface area contributed by atoms with Gasteiger partial charge in [0.2, 0.25) is 16.8 Å². The molecule has 1 heterocycles. The van der Waals surface area contributed by atoms with Crippen molar-refractivity contribution < 1.29 is 32.2 Å². The zero-order valence-electron chi connectivity index (χ0n) is 16.5. The first-order valence-electron chi connectivity index (χ1n) is 9.20. The first kappa shape index (κ1) is 21.6. The van der Waals surface area contributed by atoms with Gasteiger partial charge in [0.25, 0.3) is 5.91 Å². The predicted octanol–water partition coefficient (Wildman–Crippen LogP) is 1.90. The van der Waals surface area contributed by atoms with Crippen molar-refractivity contribution in [1.29, 1.82) is 0 Å². The molecule has 2 N–H and O–H groups in total. The van der Waals surface area contributed by atoms with Gasteiger partial charge in [-0.2, -0.15) is 4.72 Å².